The quantitative estimate of drug-likeness (QED) is 0.394. The lowest BCUT2D eigenvalue weighted by Crippen LogP contribution is -2.24. The van der Waals surface area contributed by atoms with E-state index in [0.29, 0.717) is 0 Å². The lowest BCUT2D eigenvalue weighted by atomic mass is 10.2. The number of anilines is 1. The molecule has 4 nitrogen and oxygen atoms in total. The normalized spacial score (nSPS) is 18.3. The molecular weight excluding hydrogens is 396 g/mol. The Morgan fingerprint density at radius 1 is 1.26 bits per heavy atom. The SMILES string of the molecule is CNc1cc2c(s1)-c1sc(/C=C(\C#N)C(=O)OC(C)(C)C)cc1S21CCC1. The highest BCUT2D eigenvalue weighted by atomic mass is 32.3. The van der Waals surface area contributed by atoms with Crippen molar-refractivity contribution < 1.29 is 9.53 Å². The summed E-state index contributed by atoms with van der Waals surface area (Å²) in [5.74, 6) is 1.95. The van der Waals surface area contributed by atoms with E-state index in [1.54, 1.807) is 38.2 Å². The van der Waals surface area contributed by atoms with Crippen molar-refractivity contribution in [1.82, 2.24) is 0 Å². The Morgan fingerprint density at radius 3 is 2.48 bits per heavy atom. The summed E-state index contributed by atoms with van der Waals surface area (Å²) < 4.78 is 5.36. The maximum Gasteiger partial charge on any atom is 0.349 e. The first-order valence-electron chi connectivity index (χ1n) is 8.87. The zero-order chi connectivity index (χ0) is 19.4. The van der Waals surface area contributed by atoms with Crippen LogP contribution in [-0.4, -0.2) is 30.1 Å². The van der Waals surface area contributed by atoms with E-state index in [-0.39, 0.29) is 5.57 Å². The standard InChI is InChI=1S/C20H22N2O2S3/c1-20(2,3)24-19(23)12(11-21)8-13-9-14-17(25-13)18-15(10-16(22-4)26-18)27(14)6-5-7-27/h8-10,22H,5-7H2,1-4H3/b12-8+. The van der Waals surface area contributed by atoms with Crippen LogP contribution in [0.5, 0.6) is 0 Å². The van der Waals surface area contributed by atoms with Gasteiger partial charge in [-0.25, -0.2) is 4.79 Å². The molecule has 1 N–H and O–H groups in total. The Balaban J connectivity index is 1.73. The third kappa shape index (κ3) is 3.00. The molecule has 142 valence electrons. The number of fused-ring (bicyclic) bond motifs is 5. The fourth-order valence-electron chi connectivity index (χ4n) is 3.46. The first-order chi connectivity index (χ1) is 12.8. The average Bonchev–Trinajstić information content (AvgIpc) is 3.18. The molecule has 4 rings (SSSR count). The number of nitrogens with one attached hydrogen (secondary N) is 1. The Bertz CT molecular complexity index is 998. The van der Waals surface area contributed by atoms with Crippen LogP contribution in [-0.2, 0) is 9.53 Å². The van der Waals surface area contributed by atoms with Crippen molar-refractivity contribution in [2.24, 2.45) is 0 Å². The largest absolute Gasteiger partial charge is 0.456 e. The van der Waals surface area contributed by atoms with Crippen LogP contribution in [0.2, 0.25) is 0 Å². The number of carbonyl (C=O) groups is 1. The molecular formula is C20H22N2O2S3. The second kappa shape index (κ2) is 6.40. The van der Waals surface area contributed by atoms with Crippen LogP contribution in [0.15, 0.2) is 27.5 Å². The van der Waals surface area contributed by atoms with E-state index in [1.807, 2.05) is 24.5 Å². The zero-order valence-corrected chi connectivity index (χ0v) is 18.3. The van der Waals surface area contributed by atoms with Gasteiger partial charge in [-0.05, 0) is 56.9 Å². The minimum atomic E-state index is -0.887. The van der Waals surface area contributed by atoms with Crippen molar-refractivity contribution >= 4 is 49.7 Å². The summed E-state index contributed by atoms with van der Waals surface area (Å²) in [6, 6.07) is 6.55. The maximum absolute atomic E-state index is 12.3. The minimum Gasteiger partial charge on any atom is -0.456 e. The minimum absolute atomic E-state index is 0.0600. The molecule has 7 heteroatoms. The molecule has 1 saturated heterocycles. The first kappa shape index (κ1) is 18.6. The van der Waals surface area contributed by atoms with Gasteiger partial charge >= 0.3 is 5.97 Å². The Kier molecular flexibility index (Phi) is 4.41. The van der Waals surface area contributed by atoms with E-state index in [9.17, 15) is 10.1 Å². The van der Waals surface area contributed by atoms with Gasteiger partial charge in [0.1, 0.15) is 17.2 Å². The molecule has 0 amide bonds. The van der Waals surface area contributed by atoms with Gasteiger partial charge in [-0.3, -0.25) is 0 Å². The number of nitrogens with zero attached hydrogens (tertiary/aromatic N) is 1. The van der Waals surface area contributed by atoms with Gasteiger partial charge < -0.3 is 10.1 Å². The molecule has 0 aliphatic carbocycles. The molecule has 0 aromatic carbocycles. The zero-order valence-electron chi connectivity index (χ0n) is 15.8. The number of carbonyl (C=O) groups excluding carboxylic acids is 1. The molecule has 0 unspecified atom stereocenters. The third-order valence-electron chi connectivity index (χ3n) is 4.72. The number of nitriles is 1. The van der Waals surface area contributed by atoms with E-state index >= 15 is 0 Å². The fourth-order valence-corrected chi connectivity index (χ4v) is 10.6. The molecule has 0 saturated carbocycles. The van der Waals surface area contributed by atoms with E-state index in [0.717, 1.165) is 4.88 Å². The highest BCUT2D eigenvalue weighted by Crippen LogP contribution is 2.79. The fraction of sp³-hybridized carbons (Fsp3) is 0.400. The van der Waals surface area contributed by atoms with Gasteiger partial charge in [-0.2, -0.15) is 15.3 Å². The van der Waals surface area contributed by atoms with Gasteiger partial charge in [-0.1, -0.05) is 0 Å². The van der Waals surface area contributed by atoms with Gasteiger partial charge in [0.05, 0.1) is 14.8 Å². The third-order valence-corrected chi connectivity index (χ3v) is 11.7. The van der Waals surface area contributed by atoms with Crippen LogP contribution in [0.4, 0.5) is 5.00 Å². The summed E-state index contributed by atoms with van der Waals surface area (Å²) in [5, 5.41) is 13.9. The van der Waals surface area contributed by atoms with E-state index in [1.165, 1.54) is 42.5 Å². The molecule has 2 aromatic heterocycles. The predicted octanol–water partition coefficient (Wildman–Crippen LogP) is 5.71. The predicted molar refractivity (Wildman–Crippen MR) is 115 cm³/mol. The van der Waals surface area contributed by atoms with Crippen LogP contribution in [0.1, 0.15) is 32.1 Å². The second-order valence-electron chi connectivity index (χ2n) is 7.71. The molecule has 0 bridgehead atoms. The number of hydrogen-bond acceptors (Lipinski definition) is 6. The molecule has 2 aromatic rings. The Morgan fingerprint density at radius 2 is 1.93 bits per heavy atom. The lowest BCUT2D eigenvalue weighted by Gasteiger charge is -2.45. The van der Waals surface area contributed by atoms with Crippen LogP contribution < -0.4 is 5.32 Å². The van der Waals surface area contributed by atoms with Crippen LogP contribution in [0, 0.1) is 11.3 Å². The highest BCUT2D eigenvalue weighted by molar-refractivity contribution is 8.35. The van der Waals surface area contributed by atoms with Crippen molar-refractivity contribution in [3.05, 3.63) is 22.6 Å². The van der Waals surface area contributed by atoms with Crippen LogP contribution in [0.3, 0.4) is 0 Å². The number of esters is 1. The first-order valence-corrected chi connectivity index (χ1v) is 12.5. The summed E-state index contributed by atoms with van der Waals surface area (Å²) in [6.07, 6.45) is 2.97. The van der Waals surface area contributed by atoms with Crippen LogP contribution >= 0.6 is 32.7 Å². The Hall–Kier alpha value is -1.75. The maximum atomic E-state index is 12.3. The van der Waals surface area contributed by atoms with Crippen LogP contribution in [0.25, 0.3) is 15.8 Å². The van der Waals surface area contributed by atoms with Gasteiger partial charge in [0.15, 0.2) is 0 Å². The molecule has 1 fully saturated rings. The Labute approximate surface area is 169 Å². The molecule has 0 atom stereocenters. The number of rotatable bonds is 3. The van der Waals surface area contributed by atoms with Gasteiger partial charge in [0.2, 0.25) is 0 Å². The summed E-state index contributed by atoms with van der Waals surface area (Å²) in [5.41, 5.74) is -0.551. The molecule has 2 aliphatic rings. The van der Waals surface area contributed by atoms with Gasteiger partial charge in [-0.15, -0.1) is 22.7 Å². The van der Waals surface area contributed by atoms with Crippen molar-refractivity contribution in [2.45, 2.75) is 42.6 Å². The number of ether oxygens (including phenoxy) is 1. The lowest BCUT2D eigenvalue weighted by molar-refractivity contribution is -0.149. The average molecular weight is 419 g/mol. The van der Waals surface area contributed by atoms with Crippen molar-refractivity contribution in [3.63, 3.8) is 0 Å². The molecule has 2 aliphatic heterocycles. The second-order valence-corrected chi connectivity index (χ2v) is 13.3. The van der Waals surface area contributed by atoms with Gasteiger partial charge in [0.25, 0.3) is 0 Å². The van der Waals surface area contributed by atoms with E-state index < -0.39 is 21.6 Å². The highest BCUT2D eigenvalue weighted by Gasteiger charge is 2.45. The van der Waals surface area contributed by atoms with Crippen molar-refractivity contribution in [1.29, 1.82) is 5.26 Å². The molecule has 1 spiro atoms. The van der Waals surface area contributed by atoms with E-state index in [2.05, 4.69) is 17.4 Å². The number of thiophene rings is 2. The molecule has 0 radical (unpaired) electrons. The molecule has 4 heterocycles. The monoisotopic (exact) mass is 418 g/mol. The van der Waals surface area contributed by atoms with Crippen molar-refractivity contribution in [2.75, 3.05) is 23.9 Å². The summed E-state index contributed by atoms with van der Waals surface area (Å²) in [4.78, 5) is 19.0. The topological polar surface area (TPSA) is 62.1 Å². The summed E-state index contributed by atoms with van der Waals surface area (Å²) in [7, 11) is 1.08. The smallest absolute Gasteiger partial charge is 0.349 e. The van der Waals surface area contributed by atoms with Gasteiger partial charge in [0, 0.05) is 21.7 Å². The summed E-state index contributed by atoms with van der Waals surface area (Å²) in [6.45, 7) is 5.42. The van der Waals surface area contributed by atoms with E-state index in [4.69, 9.17) is 4.74 Å². The molecule has 27 heavy (non-hydrogen) atoms. The van der Waals surface area contributed by atoms with Crippen molar-refractivity contribution in [3.8, 4) is 15.8 Å². The summed E-state index contributed by atoms with van der Waals surface area (Å²) >= 11 is 3.50. The number of hydrogen-bond donors (Lipinski definition) is 1.